The Morgan fingerprint density at radius 2 is 1.82 bits per heavy atom. The van der Waals surface area contributed by atoms with E-state index < -0.39 is 0 Å². The van der Waals surface area contributed by atoms with Crippen molar-refractivity contribution in [3.05, 3.63) is 0 Å². The van der Waals surface area contributed by atoms with E-state index in [4.69, 9.17) is 4.84 Å². The molecule has 0 bridgehead atoms. The molecule has 2 amide bonds. The standard InChI is InChI=1S/C12H24N2O3/c1-4-11(15)13-9-7-5-6-8-12(16)14-17-10(2)3/h10H,4-9H2,1-3H3,(H,13,15)(H,14,16). The maximum absolute atomic E-state index is 11.2. The fraction of sp³-hybridized carbons (Fsp3) is 0.833. The lowest BCUT2D eigenvalue weighted by Gasteiger charge is -2.08. The van der Waals surface area contributed by atoms with E-state index in [-0.39, 0.29) is 17.9 Å². The first kappa shape index (κ1) is 15.9. The van der Waals surface area contributed by atoms with Crippen LogP contribution in [0.2, 0.25) is 0 Å². The van der Waals surface area contributed by atoms with Gasteiger partial charge in [-0.2, -0.15) is 0 Å². The van der Waals surface area contributed by atoms with Crippen LogP contribution in [0, 0.1) is 0 Å². The summed E-state index contributed by atoms with van der Waals surface area (Å²) in [6.45, 7) is 6.23. The van der Waals surface area contributed by atoms with Crippen LogP contribution in [-0.4, -0.2) is 24.5 Å². The van der Waals surface area contributed by atoms with Gasteiger partial charge in [-0.25, -0.2) is 5.48 Å². The van der Waals surface area contributed by atoms with Gasteiger partial charge in [-0.15, -0.1) is 0 Å². The SMILES string of the molecule is CCC(=O)NCCCCCC(=O)NOC(C)C. The first-order chi connectivity index (χ1) is 8.06. The zero-order chi connectivity index (χ0) is 13.1. The molecule has 0 saturated carbocycles. The second kappa shape index (κ2) is 10.1. The first-order valence-electron chi connectivity index (χ1n) is 6.27. The molecule has 0 unspecified atom stereocenters. The molecule has 0 aromatic heterocycles. The summed E-state index contributed by atoms with van der Waals surface area (Å²) in [6, 6.07) is 0. The van der Waals surface area contributed by atoms with Crippen molar-refractivity contribution in [1.82, 2.24) is 10.8 Å². The van der Waals surface area contributed by atoms with Crippen LogP contribution >= 0.6 is 0 Å². The molecule has 100 valence electrons. The molecule has 0 radical (unpaired) electrons. The smallest absolute Gasteiger partial charge is 0.243 e. The number of nitrogens with one attached hydrogen (secondary N) is 2. The van der Waals surface area contributed by atoms with Gasteiger partial charge in [0.1, 0.15) is 0 Å². The van der Waals surface area contributed by atoms with Crippen LogP contribution in [0.1, 0.15) is 52.9 Å². The fourth-order valence-electron chi connectivity index (χ4n) is 1.17. The quantitative estimate of drug-likeness (QED) is 0.477. The van der Waals surface area contributed by atoms with E-state index in [1.807, 2.05) is 20.8 Å². The van der Waals surface area contributed by atoms with Crippen LogP contribution in [0.15, 0.2) is 0 Å². The molecule has 0 aromatic rings. The highest BCUT2D eigenvalue weighted by Crippen LogP contribution is 1.99. The van der Waals surface area contributed by atoms with Gasteiger partial charge in [-0.1, -0.05) is 13.3 Å². The summed E-state index contributed by atoms with van der Waals surface area (Å²) in [5.41, 5.74) is 2.39. The van der Waals surface area contributed by atoms with E-state index >= 15 is 0 Å². The lowest BCUT2D eigenvalue weighted by Crippen LogP contribution is -2.26. The molecule has 17 heavy (non-hydrogen) atoms. The van der Waals surface area contributed by atoms with Crippen molar-refractivity contribution in [3.8, 4) is 0 Å². The highest BCUT2D eigenvalue weighted by Gasteiger charge is 2.02. The largest absolute Gasteiger partial charge is 0.356 e. The normalized spacial score (nSPS) is 10.4. The Morgan fingerprint density at radius 1 is 1.12 bits per heavy atom. The number of amides is 2. The molecule has 0 aliphatic rings. The monoisotopic (exact) mass is 244 g/mol. The maximum Gasteiger partial charge on any atom is 0.243 e. The van der Waals surface area contributed by atoms with Crippen molar-refractivity contribution >= 4 is 11.8 Å². The number of carbonyl (C=O) groups excluding carboxylic acids is 2. The maximum atomic E-state index is 11.2. The molecule has 0 rings (SSSR count). The molecule has 0 spiro atoms. The molecular weight excluding hydrogens is 220 g/mol. The zero-order valence-electron chi connectivity index (χ0n) is 11.0. The van der Waals surface area contributed by atoms with Crippen molar-refractivity contribution in [2.75, 3.05) is 6.54 Å². The predicted octanol–water partition coefficient (Wildman–Crippen LogP) is 1.53. The van der Waals surface area contributed by atoms with Gasteiger partial charge in [0.25, 0.3) is 0 Å². The molecule has 5 heteroatoms. The number of hydroxylamine groups is 1. The van der Waals surface area contributed by atoms with Gasteiger partial charge >= 0.3 is 0 Å². The molecule has 0 aliphatic carbocycles. The number of unbranched alkanes of at least 4 members (excludes halogenated alkanes) is 2. The molecular formula is C12H24N2O3. The lowest BCUT2D eigenvalue weighted by molar-refractivity contribution is -0.137. The van der Waals surface area contributed by atoms with Crippen molar-refractivity contribution in [3.63, 3.8) is 0 Å². The third-order valence-electron chi connectivity index (χ3n) is 2.13. The fourth-order valence-corrected chi connectivity index (χ4v) is 1.17. The van der Waals surface area contributed by atoms with Gasteiger partial charge in [0.05, 0.1) is 6.10 Å². The summed E-state index contributed by atoms with van der Waals surface area (Å²) >= 11 is 0. The number of carbonyl (C=O) groups is 2. The van der Waals surface area contributed by atoms with E-state index in [2.05, 4.69) is 10.8 Å². The van der Waals surface area contributed by atoms with E-state index in [1.165, 1.54) is 0 Å². The summed E-state index contributed by atoms with van der Waals surface area (Å²) in [6.07, 6.45) is 3.64. The van der Waals surface area contributed by atoms with Crippen LogP contribution in [-0.2, 0) is 14.4 Å². The second-order valence-corrected chi connectivity index (χ2v) is 4.21. The van der Waals surface area contributed by atoms with Crippen LogP contribution < -0.4 is 10.8 Å². The summed E-state index contributed by atoms with van der Waals surface area (Å²) in [5.74, 6) is -0.00984. The molecule has 5 nitrogen and oxygen atoms in total. The average molecular weight is 244 g/mol. The average Bonchev–Trinajstić information content (AvgIpc) is 2.30. The number of rotatable bonds is 9. The first-order valence-corrected chi connectivity index (χ1v) is 6.27. The van der Waals surface area contributed by atoms with Crippen molar-refractivity contribution in [1.29, 1.82) is 0 Å². The van der Waals surface area contributed by atoms with Gasteiger partial charge in [0.2, 0.25) is 11.8 Å². The summed E-state index contributed by atoms with van der Waals surface area (Å²) in [7, 11) is 0. The molecule has 0 atom stereocenters. The minimum atomic E-state index is -0.0868. The summed E-state index contributed by atoms with van der Waals surface area (Å²) < 4.78 is 0. The number of hydrogen-bond donors (Lipinski definition) is 2. The van der Waals surface area contributed by atoms with Gasteiger partial charge in [0, 0.05) is 19.4 Å². The minimum Gasteiger partial charge on any atom is -0.356 e. The highest BCUT2D eigenvalue weighted by atomic mass is 16.7. The summed E-state index contributed by atoms with van der Waals surface area (Å²) in [4.78, 5) is 27.1. The van der Waals surface area contributed by atoms with Crippen molar-refractivity contribution < 1.29 is 14.4 Å². The molecule has 0 fully saturated rings. The molecule has 0 aromatic carbocycles. The molecule has 0 heterocycles. The molecule has 2 N–H and O–H groups in total. The van der Waals surface area contributed by atoms with Gasteiger partial charge in [-0.05, 0) is 26.7 Å². The second-order valence-electron chi connectivity index (χ2n) is 4.21. The van der Waals surface area contributed by atoms with Gasteiger partial charge < -0.3 is 5.32 Å². The van der Waals surface area contributed by atoms with Gasteiger partial charge in [-0.3, -0.25) is 14.4 Å². The van der Waals surface area contributed by atoms with Crippen LogP contribution in [0.3, 0.4) is 0 Å². The Kier molecular flexibility index (Phi) is 9.43. The Bertz CT molecular complexity index is 230. The topological polar surface area (TPSA) is 67.4 Å². The van der Waals surface area contributed by atoms with E-state index in [0.29, 0.717) is 19.4 Å². The van der Waals surface area contributed by atoms with Crippen molar-refractivity contribution in [2.45, 2.75) is 59.0 Å². The van der Waals surface area contributed by atoms with E-state index in [9.17, 15) is 9.59 Å². The molecule has 0 saturated heterocycles. The van der Waals surface area contributed by atoms with Crippen LogP contribution in [0.5, 0.6) is 0 Å². The Morgan fingerprint density at radius 3 is 2.41 bits per heavy atom. The number of hydrogen-bond acceptors (Lipinski definition) is 3. The summed E-state index contributed by atoms with van der Waals surface area (Å²) in [5, 5.41) is 2.80. The third kappa shape index (κ3) is 11.2. The molecule has 0 aliphatic heterocycles. The van der Waals surface area contributed by atoms with Crippen molar-refractivity contribution in [2.24, 2.45) is 0 Å². The Hall–Kier alpha value is -1.10. The third-order valence-corrected chi connectivity index (χ3v) is 2.13. The van der Waals surface area contributed by atoms with Crippen LogP contribution in [0.25, 0.3) is 0 Å². The van der Waals surface area contributed by atoms with E-state index in [0.717, 1.165) is 19.3 Å². The Balaban J connectivity index is 3.27. The minimum absolute atomic E-state index is 0.00297. The Labute approximate surface area is 103 Å². The zero-order valence-corrected chi connectivity index (χ0v) is 11.0. The van der Waals surface area contributed by atoms with E-state index in [1.54, 1.807) is 0 Å². The lowest BCUT2D eigenvalue weighted by atomic mass is 10.2. The van der Waals surface area contributed by atoms with Crippen LogP contribution in [0.4, 0.5) is 0 Å². The predicted molar refractivity (Wildman–Crippen MR) is 66.1 cm³/mol. The van der Waals surface area contributed by atoms with Gasteiger partial charge in [0.15, 0.2) is 0 Å². The highest BCUT2D eigenvalue weighted by molar-refractivity contribution is 5.75.